The van der Waals surface area contributed by atoms with Crippen LogP contribution in [0.1, 0.15) is 0 Å². The molecule has 29 heavy (non-hydrogen) atoms. The Labute approximate surface area is 167 Å². The van der Waals surface area contributed by atoms with Gasteiger partial charge < -0.3 is 25.2 Å². The molecular weight excluding hydrogens is 372 g/mol. The first kappa shape index (κ1) is 19.8. The van der Waals surface area contributed by atoms with Crippen molar-refractivity contribution in [3.8, 4) is 17.2 Å². The maximum atomic E-state index is 12.0. The summed E-state index contributed by atoms with van der Waals surface area (Å²) in [6.45, 7) is -0.349. The predicted octanol–water partition coefficient (Wildman–Crippen LogP) is 3.43. The molecule has 0 aliphatic heterocycles. The van der Waals surface area contributed by atoms with Crippen LogP contribution in [-0.2, 0) is 9.59 Å². The first-order chi connectivity index (χ1) is 14.1. The van der Waals surface area contributed by atoms with Crippen molar-refractivity contribution < 1.29 is 24.2 Å². The molecule has 0 atom stereocenters. The Bertz CT molecular complexity index is 958. The van der Waals surface area contributed by atoms with Gasteiger partial charge in [0.05, 0.1) is 0 Å². The molecule has 0 bridgehead atoms. The molecule has 3 N–H and O–H groups in total. The summed E-state index contributed by atoms with van der Waals surface area (Å²) in [5.74, 6) is 0.380. The predicted molar refractivity (Wildman–Crippen MR) is 109 cm³/mol. The van der Waals surface area contributed by atoms with E-state index in [9.17, 15) is 14.7 Å². The van der Waals surface area contributed by atoms with Crippen LogP contribution in [0.25, 0.3) is 0 Å². The van der Waals surface area contributed by atoms with Crippen LogP contribution in [0.4, 0.5) is 11.4 Å². The summed E-state index contributed by atoms with van der Waals surface area (Å²) in [4.78, 5) is 23.9. The van der Waals surface area contributed by atoms with Crippen LogP contribution in [0.5, 0.6) is 17.2 Å². The van der Waals surface area contributed by atoms with Crippen molar-refractivity contribution in [1.29, 1.82) is 0 Å². The van der Waals surface area contributed by atoms with E-state index in [1.807, 2.05) is 18.2 Å². The van der Waals surface area contributed by atoms with Crippen LogP contribution >= 0.6 is 0 Å². The van der Waals surface area contributed by atoms with Crippen molar-refractivity contribution in [2.45, 2.75) is 0 Å². The molecule has 148 valence electrons. The van der Waals surface area contributed by atoms with Gasteiger partial charge in [-0.25, -0.2) is 0 Å². The third kappa shape index (κ3) is 6.59. The number of nitrogens with one attached hydrogen (secondary N) is 2. The van der Waals surface area contributed by atoms with Gasteiger partial charge in [0, 0.05) is 17.4 Å². The van der Waals surface area contributed by atoms with Crippen LogP contribution in [0.15, 0.2) is 78.9 Å². The number of amides is 2. The maximum absolute atomic E-state index is 12.0. The van der Waals surface area contributed by atoms with Crippen molar-refractivity contribution >= 4 is 23.2 Å². The molecular formula is C22H20N2O5. The smallest absolute Gasteiger partial charge is 0.262 e. The molecule has 0 saturated heterocycles. The molecule has 0 aromatic heterocycles. The zero-order valence-corrected chi connectivity index (χ0v) is 15.5. The minimum atomic E-state index is -0.343. The molecule has 0 aliphatic rings. The van der Waals surface area contributed by atoms with Gasteiger partial charge >= 0.3 is 0 Å². The fraction of sp³-hybridized carbons (Fsp3) is 0.0909. The van der Waals surface area contributed by atoms with Gasteiger partial charge in [-0.15, -0.1) is 0 Å². The van der Waals surface area contributed by atoms with Crippen molar-refractivity contribution in [2.75, 3.05) is 23.8 Å². The van der Waals surface area contributed by atoms with E-state index < -0.39 is 0 Å². The van der Waals surface area contributed by atoms with Gasteiger partial charge in [-0.2, -0.15) is 0 Å². The lowest BCUT2D eigenvalue weighted by Gasteiger charge is -2.10. The molecule has 3 aromatic carbocycles. The molecule has 0 radical (unpaired) electrons. The highest BCUT2D eigenvalue weighted by Crippen LogP contribution is 2.20. The third-order valence-corrected chi connectivity index (χ3v) is 3.75. The molecule has 7 heteroatoms. The molecule has 3 rings (SSSR count). The van der Waals surface area contributed by atoms with Crippen molar-refractivity contribution in [1.82, 2.24) is 0 Å². The zero-order valence-electron chi connectivity index (χ0n) is 15.5. The average Bonchev–Trinajstić information content (AvgIpc) is 2.73. The van der Waals surface area contributed by atoms with E-state index in [1.54, 1.807) is 48.5 Å². The van der Waals surface area contributed by atoms with E-state index in [1.165, 1.54) is 12.1 Å². The summed E-state index contributed by atoms with van der Waals surface area (Å²) in [7, 11) is 0. The number of hydrogen-bond donors (Lipinski definition) is 3. The number of carbonyl (C=O) groups excluding carboxylic acids is 2. The number of carbonyl (C=O) groups is 2. The molecule has 0 aliphatic carbocycles. The highest BCUT2D eigenvalue weighted by molar-refractivity contribution is 5.92. The second-order valence-electron chi connectivity index (χ2n) is 6.06. The second kappa shape index (κ2) is 9.80. The number of ether oxygens (including phenoxy) is 2. The summed E-state index contributed by atoms with van der Waals surface area (Å²) in [6, 6.07) is 21.9. The summed E-state index contributed by atoms with van der Waals surface area (Å²) in [5.41, 5.74) is 1.25. The first-order valence-corrected chi connectivity index (χ1v) is 8.88. The number of benzene rings is 3. The SMILES string of the molecule is O=C(COc1cccc(OCC(=O)Nc2ccc(O)cc2)c1)Nc1ccccc1. The summed E-state index contributed by atoms with van der Waals surface area (Å²) in [6.07, 6.45) is 0. The topological polar surface area (TPSA) is 96.9 Å². The quantitative estimate of drug-likeness (QED) is 0.511. The largest absolute Gasteiger partial charge is 0.508 e. The average molecular weight is 392 g/mol. The number of hydrogen-bond acceptors (Lipinski definition) is 5. The number of phenolic OH excluding ortho intramolecular Hbond substituents is 1. The molecule has 7 nitrogen and oxygen atoms in total. The summed E-state index contributed by atoms with van der Waals surface area (Å²) in [5, 5.41) is 14.6. The molecule has 0 spiro atoms. The van der Waals surface area contributed by atoms with Crippen molar-refractivity contribution in [3.05, 3.63) is 78.9 Å². The molecule has 2 amide bonds. The normalized spacial score (nSPS) is 10.1. The van der Waals surface area contributed by atoms with E-state index in [2.05, 4.69) is 10.6 Å². The number of rotatable bonds is 8. The fourth-order valence-electron chi connectivity index (χ4n) is 2.41. The Morgan fingerprint density at radius 3 is 1.76 bits per heavy atom. The van der Waals surface area contributed by atoms with Gasteiger partial charge in [-0.1, -0.05) is 24.3 Å². The number of aromatic hydroxyl groups is 1. The number of para-hydroxylation sites is 1. The Morgan fingerprint density at radius 2 is 1.21 bits per heavy atom. The van der Waals surface area contributed by atoms with Gasteiger partial charge in [0.25, 0.3) is 11.8 Å². The zero-order chi connectivity index (χ0) is 20.5. The van der Waals surface area contributed by atoms with Crippen LogP contribution in [0.3, 0.4) is 0 Å². The number of anilines is 2. The van der Waals surface area contributed by atoms with E-state index in [0.29, 0.717) is 22.9 Å². The van der Waals surface area contributed by atoms with Gasteiger partial charge in [-0.3, -0.25) is 9.59 Å². The lowest BCUT2D eigenvalue weighted by molar-refractivity contribution is -0.118. The third-order valence-electron chi connectivity index (χ3n) is 3.75. The van der Waals surface area contributed by atoms with Crippen molar-refractivity contribution in [2.24, 2.45) is 0 Å². The van der Waals surface area contributed by atoms with Gasteiger partial charge in [0.2, 0.25) is 0 Å². The van der Waals surface area contributed by atoms with Gasteiger partial charge in [0.15, 0.2) is 13.2 Å². The number of phenols is 1. The van der Waals surface area contributed by atoms with Crippen LogP contribution in [0.2, 0.25) is 0 Å². The van der Waals surface area contributed by atoms with E-state index >= 15 is 0 Å². The molecule has 0 heterocycles. The minimum absolute atomic E-state index is 0.119. The highest BCUT2D eigenvalue weighted by Gasteiger charge is 2.07. The maximum Gasteiger partial charge on any atom is 0.262 e. The van der Waals surface area contributed by atoms with E-state index in [4.69, 9.17) is 9.47 Å². The van der Waals surface area contributed by atoms with Crippen molar-refractivity contribution in [3.63, 3.8) is 0 Å². The Balaban J connectivity index is 1.45. The highest BCUT2D eigenvalue weighted by atomic mass is 16.5. The Kier molecular flexibility index (Phi) is 6.67. The van der Waals surface area contributed by atoms with Crippen LogP contribution in [0, 0.1) is 0 Å². The Hall–Kier alpha value is -4.00. The monoisotopic (exact) mass is 392 g/mol. The minimum Gasteiger partial charge on any atom is -0.508 e. The first-order valence-electron chi connectivity index (χ1n) is 8.88. The van der Waals surface area contributed by atoms with Crippen LogP contribution in [-0.4, -0.2) is 30.1 Å². The van der Waals surface area contributed by atoms with Gasteiger partial charge in [-0.05, 0) is 48.5 Å². The second-order valence-corrected chi connectivity index (χ2v) is 6.06. The molecule has 0 unspecified atom stereocenters. The summed E-state index contributed by atoms with van der Waals surface area (Å²) >= 11 is 0. The lowest BCUT2D eigenvalue weighted by Crippen LogP contribution is -2.20. The summed E-state index contributed by atoms with van der Waals surface area (Å²) < 4.78 is 10.9. The van der Waals surface area contributed by atoms with E-state index in [-0.39, 0.29) is 30.8 Å². The fourth-order valence-corrected chi connectivity index (χ4v) is 2.41. The van der Waals surface area contributed by atoms with Crippen LogP contribution < -0.4 is 20.1 Å². The van der Waals surface area contributed by atoms with Gasteiger partial charge in [0.1, 0.15) is 17.2 Å². The molecule has 0 saturated carbocycles. The molecule has 3 aromatic rings. The standard InChI is InChI=1S/C22H20N2O5/c25-18-11-9-17(10-12-18)24-22(27)15-29-20-8-4-7-19(13-20)28-14-21(26)23-16-5-2-1-3-6-16/h1-13,25H,14-15H2,(H,23,26)(H,24,27). The Morgan fingerprint density at radius 1 is 0.690 bits per heavy atom. The van der Waals surface area contributed by atoms with E-state index in [0.717, 1.165) is 0 Å². The molecule has 0 fully saturated rings. The lowest BCUT2D eigenvalue weighted by atomic mass is 10.3.